The maximum absolute atomic E-state index is 13.0. The monoisotopic (exact) mass is 426 g/mol. The fourth-order valence-corrected chi connectivity index (χ4v) is 5.02. The number of aryl methyl sites for hydroxylation is 2. The molecule has 3 aromatic rings. The molecule has 1 aliphatic carbocycles. The van der Waals surface area contributed by atoms with Gasteiger partial charge in [0, 0.05) is 24.6 Å². The van der Waals surface area contributed by atoms with Crippen LogP contribution < -0.4 is 10.2 Å². The lowest BCUT2D eigenvalue weighted by molar-refractivity contribution is -0.126. The van der Waals surface area contributed by atoms with Crippen LogP contribution in [0.15, 0.2) is 60.7 Å². The number of benzene rings is 2. The van der Waals surface area contributed by atoms with E-state index in [4.69, 9.17) is 0 Å². The minimum absolute atomic E-state index is 0.0693. The number of amides is 1. The van der Waals surface area contributed by atoms with E-state index in [2.05, 4.69) is 69.8 Å². The van der Waals surface area contributed by atoms with Crippen LogP contribution in [-0.2, 0) is 11.2 Å². The van der Waals surface area contributed by atoms with Crippen molar-refractivity contribution in [2.45, 2.75) is 45.1 Å². The quantitative estimate of drug-likeness (QED) is 0.647. The molecule has 2 heterocycles. The molecule has 1 amide bonds. The molecular weight excluding hydrogens is 396 g/mol. The Balaban J connectivity index is 1.18. The average molecular weight is 427 g/mol. The minimum atomic E-state index is 0.0693. The van der Waals surface area contributed by atoms with Gasteiger partial charge in [0.15, 0.2) is 5.82 Å². The molecule has 2 aliphatic rings. The first-order valence-corrected chi connectivity index (χ1v) is 11.7. The second-order valence-corrected chi connectivity index (χ2v) is 9.06. The first-order valence-electron chi connectivity index (χ1n) is 11.7. The maximum Gasteiger partial charge on any atom is 0.223 e. The van der Waals surface area contributed by atoms with Gasteiger partial charge >= 0.3 is 0 Å². The van der Waals surface area contributed by atoms with E-state index in [1.807, 2.05) is 18.2 Å². The second-order valence-electron chi connectivity index (χ2n) is 9.06. The zero-order valence-corrected chi connectivity index (χ0v) is 18.6. The molecule has 0 unspecified atom stereocenters. The van der Waals surface area contributed by atoms with Crippen molar-refractivity contribution in [3.05, 3.63) is 77.4 Å². The van der Waals surface area contributed by atoms with E-state index >= 15 is 0 Å². The van der Waals surface area contributed by atoms with E-state index in [0.29, 0.717) is 0 Å². The smallest absolute Gasteiger partial charge is 0.223 e. The summed E-state index contributed by atoms with van der Waals surface area (Å²) in [5.41, 5.74) is 5.87. The Hall–Kier alpha value is -3.21. The lowest BCUT2D eigenvalue weighted by Crippen LogP contribution is -2.42. The summed E-state index contributed by atoms with van der Waals surface area (Å²) in [4.78, 5) is 15.2. The summed E-state index contributed by atoms with van der Waals surface area (Å²) in [7, 11) is 0. The number of anilines is 1. The van der Waals surface area contributed by atoms with E-state index in [1.165, 1.54) is 16.7 Å². The van der Waals surface area contributed by atoms with Gasteiger partial charge in [0.2, 0.25) is 5.91 Å². The first-order chi connectivity index (χ1) is 15.7. The van der Waals surface area contributed by atoms with Gasteiger partial charge in [-0.1, -0.05) is 48.0 Å². The number of piperidine rings is 1. The van der Waals surface area contributed by atoms with Crippen LogP contribution in [0.3, 0.4) is 0 Å². The van der Waals surface area contributed by atoms with Crippen molar-refractivity contribution >= 4 is 11.7 Å². The minimum Gasteiger partial charge on any atom is -0.355 e. The van der Waals surface area contributed by atoms with Crippen molar-refractivity contribution < 1.29 is 4.79 Å². The van der Waals surface area contributed by atoms with Crippen LogP contribution in [0.4, 0.5) is 5.82 Å². The summed E-state index contributed by atoms with van der Waals surface area (Å²) in [6.45, 7) is 3.74. The van der Waals surface area contributed by atoms with Crippen LogP contribution in [0, 0.1) is 12.8 Å². The van der Waals surface area contributed by atoms with Crippen molar-refractivity contribution in [2.24, 2.45) is 5.92 Å². The number of nitrogens with one attached hydrogen (secondary N) is 1. The molecule has 1 atom stereocenters. The third kappa shape index (κ3) is 4.38. The van der Waals surface area contributed by atoms with Crippen molar-refractivity contribution in [3.8, 4) is 11.3 Å². The Kier molecular flexibility index (Phi) is 5.89. The highest BCUT2D eigenvalue weighted by Crippen LogP contribution is 2.31. The maximum atomic E-state index is 13.0. The lowest BCUT2D eigenvalue weighted by Gasteiger charge is -2.33. The van der Waals surface area contributed by atoms with E-state index in [1.54, 1.807) is 0 Å². The van der Waals surface area contributed by atoms with Crippen molar-refractivity contribution in [1.29, 1.82) is 0 Å². The Morgan fingerprint density at radius 1 is 0.969 bits per heavy atom. The Morgan fingerprint density at radius 3 is 2.59 bits per heavy atom. The normalized spacial score (nSPS) is 18.8. The molecule has 0 spiro atoms. The van der Waals surface area contributed by atoms with E-state index < -0.39 is 0 Å². The van der Waals surface area contributed by atoms with Gasteiger partial charge in [-0.25, -0.2) is 0 Å². The SMILES string of the molecule is Cc1cccc(-c2ccc(N3CCC(C(=O)N[C@@H]4CCCc5ccccc54)CC3)nn2)c1. The third-order valence-electron chi connectivity index (χ3n) is 6.84. The molecule has 0 radical (unpaired) electrons. The molecule has 5 rings (SSSR count). The zero-order chi connectivity index (χ0) is 21.9. The molecule has 5 nitrogen and oxygen atoms in total. The van der Waals surface area contributed by atoms with E-state index in [9.17, 15) is 4.79 Å². The number of hydrogen-bond donors (Lipinski definition) is 1. The van der Waals surface area contributed by atoms with Gasteiger partial charge in [-0.2, -0.15) is 0 Å². The van der Waals surface area contributed by atoms with Crippen LogP contribution in [-0.4, -0.2) is 29.2 Å². The summed E-state index contributed by atoms with van der Waals surface area (Å²) in [6, 6.07) is 21.1. The molecule has 32 heavy (non-hydrogen) atoms. The van der Waals surface area contributed by atoms with Gasteiger partial charge in [-0.15, -0.1) is 10.2 Å². The van der Waals surface area contributed by atoms with Gasteiger partial charge in [0.1, 0.15) is 0 Å². The Labute approximate surface area is 189 Å². The Bertz CT molecular complexity index is 1090. The average Bonchev–Trinajstić information content (AvgIpc) is 2.84. The fourth-order valence-electron chi connectivity index (χ4n) is 5.02. The largest absolute Gasteiger partial charge is 0.355 e. The molecule has 5 heteroatoms. The molecule has 1 aromatic heterocycles. The van der Waals surface area contributed by atoms with Crippen LogP contribution in [0.5, 0.6) is 0 Å². The summed E-state index contributed by atoms with van der Waals surface area (Å²) in [5, 5.41) is 12.3. The van der Waals surface area contributed by atoms with Gasteiger partial charge in [-0.05, 0) is 68.4 Å². The van der Waals surface area contributed by atoms with Gasteiger partial charge in [0.25, 0.3) is 0 Å². The van der Waals surface area contributed by atoms with Crippen molar-refractivity contribution in [2.75, 3.05) is 18.0 Å². The van der Waals surface area contributed by atoms with Crippen LogP contribution >= 0.6 is 0 Å². The predicted molar refractivity (Wildman–Crippen MR) is 127 cm³/mol. The molecule has 1 saturated heterocycles. The van der Waals surface area contributed by atoms with E-state index in [-0.39, 0.29) is 17.9 Å². The molecular formula is C27H30N4O. The molecule has 164 valence electrons. The highest BCUT2D eigenvalue weighted by Gasteiger charge is 2.29. The molecule has 2 aromatic carbocycles. The fraction of sp³-hybridized carbons (Fsp3) is 0.370. The number of carbonyl (C=O) groups is 1. The summed E-state index contributed by atoms with van der Waals surface area (Å²) >= 11 is 0. The van der Waals surface area contributed by atoms with Crippen LogP contribution in [0.2, 0.25) is 0 Å². The molecule has 0 saturated carbocycles. The van der Waals surface area contributed by atoms with Crippen molar-refractivity contribution in [3.63, 3.8) is 0 Å². The number of fused-ring (bicyclic) bond motifs is 1. The predicted octanol–water partition coefficient (Wildman–Crippen LogP) is 4.86. The molecule has 1 N–H and O–H groups in total. The lowest BCUT2D eigenvalue weighted by atomic mass is 9.87. The highest BCUT2D eigenvalue weighted by molar-refractivity contribution is 5.79. The number of rotatable bonds is 4. The van der Waals surface area contributed by atoms with E-state index in [0.717, 1.165) is 62.3 Å². The van der Waals surface area contributed by atoms with Crippen molar-refractivity contribution in [1.82, 2.24) is 15.5 Å². The number of nitrogens with zero attached hydrogens (tertiary/aromatic N) is 3. The van der Waals surface area contributed by atoms with Gasteiger partial charge in [0.05, 0.1) is 11.7 Å². The van der Waals surface area contributed by atoms with Crippen LogP contribution in [0.25, 0.3) is 11.3 Å². The summed E-state index contributed by atoms with van der Waals surface area (Å²) in [6.07, 6.45) is 4.98. The number of hydrogen-bond acceptors (Lipinski definition) is 4. The molecule has 0 bridgehead atoms. The summed E-state index contributed by atoms with van der Waals surface area (Å²) in [5.74, 6) is 1.16. The third-order valence-corrected chi connectivity index (χ3v) is 6.84. The molecule has 1 fully saturated rings. The summed E-state index contributed by atoms with van der Waals surface area (Å²) < 4.78 is 0. The zero-order valence-electron chi connectivity index (χ0n) is 18.6. The number of aromatic nitrogens is 2. The van der Waals surface area contributed by atoms with Crippen LogP contribution in [0.1, 0.15) is 48.4 Å². The first kappa shape index (κ1) is 20.7. The Morgan fingerprint density at radius 2 is 1.81 bits per heavy atom. The second kappa shape index (κ2) is 9.11. The molecule has 1 aliphatic heterocycles. The topological polar surface area (TPSA) is 58.1 Å². The highest BCUT2D eigenvalue weighted by atomic mass is 16.1. The standard InChI is InChI=1S/C27H30N4O/c1-19-6-4-9-22(18-19)24-12-13-26(30-29-24)31-16-14-21(15-17-31)27(32)28-25-11-5-8-20-7-2-3-10-23(20)25/h2-4,6-7,9-10,12-13,18,21,25H,5,8,11,14-17H2,1H3,(H,28,32)/t25-/m1/s1. The van der Waals surface area contributed by atoms with Gasteiger partial charge in [-0.3, -0.25) is 4.79 Å². The van der Waals surface area contributed by atoms with Gasteiger partial charge < -0.3 is 10.2 Å². The number of carbonyl (C=O) groups excluding carboxylic acids is 1.